The van der Waals surface area contributed by atoms with E-state index in [0.29, 0.717) is 30.0 Å². The van der Waals surface area contributed by atoms with E-state index >= 15 is 0 Å². The standard InChI is InChI=1S/C19H26N2O3/c1-10-5-12(6-11(2)17(10)22)3-4-20-19(24)21-9-14-7-13-8-15(14)16(21)18(13)23/h5-6,13-16,18,22-23H,3-4,7-9H2,1-2H3,(H,20,24)/t13-,14-,15+,16+,18-/m0/s1. The normalized spacial score (nSPS) is 33.3. The predicted molar refractivity (Wildman–Crippen MR) is 90.9 cm³/mol. The lowest BCUT2D eigenvalue weighted by molar-refractivity contribution is 0.0609. The molecular weight excluding hydrogens is 304 g/mol. The fraction of sp³-hybridized carbons (Fsp3) is 0.632. The van der Waals surface area contributed by atoms with E-state index in [-0.39, 0.29) is 18.2 Å². The van der Waals surface area contributed by atoms with Crippen LogP contribution in [-0.4, -0.2) is 46.4 Å². The van der Waals surface area contributed by atoms with E-state index in [0.717, 1.165) is 42.5 Å². The van der Waals surface area contributed by atoms with Crippen LogP contribution in [0.3, 0.4) is 0 Å². The number of phenolic OH excluding ortho intramolecular Hbond substituents is 1. The number of phenols is 1. The molecule has 24 heavy (non-hydrogen) atoms. The molecule has 5 heteroatoms. The first-order chi connectivity index (χ1) is 11.5. The third kappa shape index (κ3) is 2.37. The van der Waals surface area contributed by atoms with E-state index in [2.05, 4.69) is 5.32 Å². The van der Waals surface area contributed by atoms with Crippen molar-refractivity contribution < 1.29 is 15.0 Å². The van der Waals surface area contributed by atoms with Gasteiger partial charge >= 0.3 is 6.03 Å². The molecule has 1 aromatic rings. The molecule has 0 radical (unpaired) electrons. The van der Waals surface area contributed by atoms with Crippen molar-refractivity contribution in [2.45, 2.75) is 45.3 Å². The van der Waals surface area contributed by atoms with E-state index in [1.807, 2.05) is 30.9 Å². The van der Waals surface area contributed by atoms with Crippen LogP contribution < -0.4 is 5.32 Å². The van der Waals surface area contributed by atoms with Crippen LogP contribution in [0.1, 0.15) is 29.5 Å². The van der Waals surface area contributed by atoms with Gasteiger partial charge in [-0.3, -0.25) is 0 Å². The average molecular weight is 330 g/mol. The lowest BCUT2D eigenvalue weighted by Gasteiger charge is -2.29. The van der Waals surface area contributed by atoms with Crippen molar-refractivity contribution in [3.63, 3.8) is 0 Å². The van der Waals surface area contributed by atoms with Gasteiger partial charge in [-0.1, -0.05) is 12.1 Å². The smallest absolute Gasteiger partial charge is 0.317 e. The van der Waals surface area contributed by atoms with Crippen molar-refractivity contribution >= 4 is 6.03 Å². The fourth-order valence-electron chi connectivity index (χ4n) is 5.25. The molecule has 1 heterocycles. The summed E-state index contributed by atoms with van der Waals surface area (Å²) in [4.78, 5) is 14.4. The largest absolute Gasteiger partial charge is 0.507 e. The molecule has 1 saturated heterocycles. The monoisotopic (exact) mass is 330 g/mol. The molecule has 2 saturated carbocycles. The number of aromatic hydroxyl groups is 1. The number of benzene rings is 1. The van der Waals surface area contributed by atoms with Crippen molar-refractivity contribution in [3.05, 3.63) is 28.8 Å². The zero-order valence-corrected chi connectivity index (χ0v) is 14.3. The second-order valence-corrected chi connectivity index (χ2v) is 7.85. The predicted octanol–water partition coefficient (Wildman–Crippen LogP) is 1.96. The molecule has 3 fully saturated rings. The Morgan fingerprint density at radius 1 is 1.25 bits per heavy atom. The van der Waals surface area contributed by atoms with Gasteiger partial charge < -0.3 is 20.4 Å². The van der Waals surface area contributed by atoms with Gasteiger partial charge in [-0.05, 0) is 67.6 Å². The summed E-state index contributed by atoms with van der Waals surface area (Å²) in [5.41, 5.74) is 2.85. The number of nitrogens with one attached hydrogen (secondary N) is 1. The Morgan fingerprint density at radius 3 is 2.62 bits per heavy atom. The molecule has 130 valence electrons. The summed E-state index contributed by atoms with van der Waals surface area (Å²) in [5.74, 6) is 1.86. The lowest BCUT2D eigenvalue weighted by atomic mass is 9.88. The summed E-state index contributed by atoms with van der Waals surface area (Å²) < 4.78 is 0. The number of fused-ring (bicyclic) bond motifs is 1. The van der Waals surface area contributed by atoms with Crippen LogP contribution in [0.4, 0.5) is 4.79 Å². The number of urea groups is 1. The van der Waals surface area contributed by atoms with Crippen LogP contribution in [0.2, 0.25) is 0 Å². The highest BCUT2D eigenvalue weighted by molar-refractivity contribution is 5.75. The number of hydrogen-bond donors (Lipinski definition) is 3. The Labute approximate surface area is 142 Å². The molecule has 2 bridgehead atoms. The summed E-state index contributed by atoms with van der Waals surface area (Å²) in [6.45, 7) is 5.15. The van der Waals surface area contributed by atoms with E-state index < -0.39 is 0 Å². The minimum atomic E-state index is -0.332. The molecule has 0 aromatic heterocycles. The molecule has 2 amide bonds. The molecule has 2 aliphatic carbocycles. The van der Waals surface area contributed by atoms with E-state index in [1.54, 1.807) is 0 Å². The van der Waals surface area contributed by atoms with Gasteiger partial charge in [-0.15, -0.1) is 0 Å². The van der Waals surface area contributed by atoms with Crippen molar-refractivity contribution in [2.75, 3.05) is 13.1 Å². The van der Waals surface area contributed by atoms with Gasteiger partial charge in [0.05, 0.1) is 12.1 Å². The maximum Gasteiger partial charge on any atom is 0.317 e. The molecule has 0 spiro atoms. The Balaban J connectivity index is 1.35. The fourth-order valence-corrected chi connectivity index (χ4v) is 5.25. The number of aliphatic hydroxyl groups excluding tert-OH is 1. The third-order valence-corrected chi connectivity index (χ3v) is 6.35. The number of nitrogens with zero attached hydrogens (tertiary/aromatic N) is 1. The first-order valence-electron chi connectivity index (χ1n) is 8.97. The van der Waals surface area contributed by atoms with Gasteiger partial charge in [0.25, 0.3) is 0 Å². The quantitative estimate of drug-likeness (QED) is 0.793. The summed E-state index contributed by atoms with van der Waals surface area (Å²) in [6.07, 6.45) is 2.58. The first kappa shape index (κ1) is 15.8. The average Bonchev–Trinajstić information content (AvgIpc) is 3.14. The second-order valence-electron chi connectivity index (χ2n) is 7.85. The molecule has 3 aliphatic rings. The highest BCUT2D eigenvalue weighted by atomic mass is 16.3. The molecule has 4 rings (SSSR count). The topological polar surface area (TPSA) is 72.8 Å². The first-order valence-corrected chi connectivity index (χ1v) is 8.97. The highest BCUT2D eigenvalue weighted by Crippen LogP contribution is 2.54. The van der Waals surface area contributed by atoms with Gasteiger partial charge in [0.2, 0.25) is 0 Å². The summed E-state index contributed by atoms with van der Waals surface area (Å²) in [6, 6.07) is 3.93. The minimum absolute atomic E-state index is 0.0342. The van der Waals surface area contributed by atoms with Crippen LogP contribution in [0.15, 0.2) is 12.1 Å². The Bertz CT molecular complexity index is 650. The van der Waals surface area contributed by atoms with Crippen LogP contribution >= 0.6 is 0 Å². The third-order valence-electron chi connectivity index (χ3n) is 6.35. The van der Waals surface area contributed by atoms with Gasteiger partial charge in [-0.25, -0.2) is 4.79 Å². The Hall–Kier alpha value is -1.75. The van der Waals surface area contributed by atoms with Gasteiger partial charge in [0.1, 0.15) is 5.75 Å². The van der Waals surface area contributed by atoms with E-state index in [1.165, 1.54) is 0 Å². The zero-order valence-electron chi connectivity index (χ0n) is 14.3. The van der Waals surface area contributed by atoms with Gasteiger partial charge in [-0.2, -0.15) is 0 Å². The SMILES string of the molecule is Cc1cc(CCNC(=O)N2C[C@@H]3C[C@H]4C[C@H]3[C@@H]2[C@H]4O)cc(C)c1O. The van der Waals surface area contributed by atoms with Crippen molar-refractivity contribution in [1.82, 2.24) is 10.2 Å². The van der Waals surface area contributed by atoms with Crippen molar-refractivity contribution in [3.8, 4) is 5.75 Å². The number of aryl methyl sites for hydroxylation is 2. The molecule has 0 unspecified atom stereocenters. The number of amides is 2. The van der Waals surface area contributed by atoms with Gasteiger partial charge in [0.15, 0.2) is 0 Å². The Kier molecular flexibility index (Phi) is 3.71. The number of carbonyl (C=O) groups is 1. The van der Waals surface area contributed by atoms with Crippen LogP contribution in [0.5, 0.6) is 5.75 Å². The molecule has 5 atom stereocenters. The van der Waals surface area contributed by atoms with E-state index in [4.69, 9.17) is 0 Å². The number of rotatable bonds is 3. The number of carbonyl (C=O) groups excluding carboxylic acids is 1. The van der Waals surface area contributed by atoms with E-state index in [9.17, 15) is 15.0 Å². The van der Waals surface area contributed by atoms with Crippen LogP contribution in [0, 0.1) is 31.6 Å². The number of likely N-dealkylation sites (tertiary alicyclic amines) is 1. The number of aliphatic hydroxyl groups is 1. The molecule has 1 aliphatic heterocycles. The van der Waals surface area contributed by atoms with Crippen molar-refractivity contribution in [1.29, 1.82) is 0 Å². The molecule has 1 aromatic carbocycles. The summed E-state index contributed by atoms with van der Waals surface area (Å²) >= 11 is 0. The molecule has 5 nitrogen and oxygen atoms in total. The van der Waals surface area contributed by atoms with Gasteiger partial charge in [0, 0.05) is 13.1 Å². The molecular formula is C19H26N2O3. The maximum absolute atomic E-state index is 12.5. The van der Waals surface area contributed by atoms with Crippen molar-refractivity contribution in [2.24, 2.45) is 17.8 Å². The number of hydrogen-bond acceptors (Lipinski definition) is 3. The van der Waals surface area contributed by atoms with Crippen LogP contribution in [-0.2, 0) is 6.42 Å². The summed E-state index contributed by atoms with van der Waals surface area (Å²) in [5, 5.41) is 23.2. The lowest BCUT2D eigenvalue weighted by Crippen LogP contribution is -2.48. The minimum Gasteiger partial charge on any atom is -0.507 e. The zero-order chi connectivity index (χ0) is 17.0. The van der Waals surface area contributed by atoms with Crippen LogP contribution in [0.25, 0.3) is 0 Å². The summed E-state index contributed by atoms with van der Waals surface area (Å²) in [7, 11) is 0. The molecule has 3 N–H and O–H groups in total. The Morgan fingerprint density at radius 2 is 1.96 bits per heavy atom. The highest BCUT2D eigenvalue weighted by Gasteiger charge is 2.59. The maximum atomic E-state index is 12.5. The second kappa shape index (κ2) is 5.66.